The fourth-order valence-electron chi connectivity index (χ4n) is 1.63. The van der Waals surface area contributed by atoms with E-state index in [1.807, 2.05) is 13.8 Å². The number of rotatable bonds is 2. The molecule has 0 saturated heterocycles. The molecule has 0 spiro atoms. The fourth-order valence-corrected chi connectivity index (χ4v) is 1.78. The Bertz CT molecular complexity index is 717. The van der Waals surface area contributed by atoms with Gasteiger partial charge in [0.2, 0.25) is 17.2 Å². The van der Waals surface area contributed by atoms with Crippen molar-refractivity contribution in [3.05, 3.63) is 41.7 Å². The molecule has 3 rings (SSSR count). The molecule has 0 aliphatic carbocycles. The van der Waals surface area contributed by atoms with Crippen LogP contribution in [0.4, 0.5) is 0 Å². The summed E-state index contributed by atoms with van der Waals surface area (Å²) in [6.07, 6.45) is 6.64. The zero-order valence-electron chi connectivity index (χ0n) is 10.3. The average molecular weight is 276 g/mol. The number of aryl methyl sites for hydroxylation is 1. The van der Waals surface area contributed by atoms with Gasteiger partial charge in [0, 0.05) is 18.1 Å². The molecule has 3 heterocycles. The number of hydrogen-bond donors (Lipinski definition) is 0. The molecule has 0 unspecified atom stereocenters. The Morgan fingerprint density at radius 3 is 2.47 bits per heavy atom. The lowest BCUT2D eigenvalue weighted by Gasteiger charge is -2.06. The van der Waals surface area contributed by atoms with E-state index in [0.717, 1.165) is 11.4 Å². The van der Waals surface area contributed by atoms with Crippen molar-refractivity contribution in [3.8, 4) is 11.9 Å². The maximum atomic E-state index is 5.95. The molecule has 0 radical (unpaired) electrons. The molecule has 0 fully saturated rings. The fraction of sp³-hybridized carbons (Fsp3) is 0.182. The molecule has 0 bridgehead atoms. The van der Waals surface area contributed by atoms with E-state index < -0.39 is 0 Å². The highest BCUT2D eigenvalue weighted by atomic mass is 35.5. The van der Waals surface area contributed by atoms with Crippen molar-refractivity contribution >= 4 is 11.6 Å². The molecule has 0 aliphatic heterocycles. The average Bonchev–Trinajstić information content (AvgIpc) is 3.01. The zero-order valence-corrected chi connectivity index (χ0v) is 11.1. The second-order valence-electron chi connectivity index (χ2n) is 3.96. The molecule has 7 nitrogen and oxygen atoms in total. The Hall–Kier alpha value is -2.28. The number of nitrogens with zero attached hydrogens (tertiary/aromatic N) is 7. The topological polar surface area (TPSA) is 74.3 Å². The lowest BCUT2D eigenvalue weighted by atomic mass is 10.4. The van der Waals surface area contributed by atoms with Crippen molar-refractivity contribution in [1.29, 1.82) is 0 Å². The lowest BCUT2D eigenvalue weighted by Crippen LogP contribution is -2.08. The van der Waals surface area contributed by atoms with E-state index in [1.54, 1.807) is 34.2 Å². The molecule has 0 aromatic carbocycles. The van der Waals surface area contributed by atoms with E-state index in [2.05, 4.69) is 24.9 Å². The highest BCUT2D eigenvalue weighted by Crippen LogP contribution is 2.13. The van der Waals surface area contributed by atoms with Gasteiger partial charge < -0.3 is 0 Å². The smallest absolute Gasteiger partial charge is 0.241 e. The number of hydrogen-bond acceptors (Lipinski definition) is 5. The Kier molecular flexibility index (Phi) is 2.75. The van der Waals surface area contributed by atoms with Crippen LogP contribution in [0, 0.1) is 13.8 Å². The van der Waals surface area contributed by atoms with Crippen molar-refractivity contribution in [3.63, 3.8) is 0 Å². The first-order chi connectivity index (χ1) is 9.15. The van der Waals surface area contributed by atoms with Crippen LogP contribution in [0.5, 0.6) is 0 Å². The van der Waals surface area contributed by atoms with Crippen molar-refractivity contribution < 1.29 is 0 Å². The lowest BCUT2D eigenvalue weighted by molar-refractivity contribution is 0.824. The molecular weight excluding hydrogens is 266 g/mol. The quantitative estimate of drug-likeness (QED) is 0.709. The largest absolute Gasteiger partial charge is 0.274 e. The molecular formula is C11H10ClN7. The van der Waals surface area contributed by atoms with E-state index in [0.29, 0.717) is 11.9 Å². The van der Waals surface area contributed by atoms with Gasteiger partial charge in [0.15, 0.2) is 0 Å². The van der Waals surface area contributed by atoms with E-state index in [4.69, 9.17) is 11.6 Å². The van der Waals surface area contributed by atoms with Crippen LogP contribution in [-0.2, 0) is 0 Å². The second kappa shape index (κ2) is 4.43. The Balaban J connectivity index is 2.15. The Morgan fingerprint density at radius 2 is 1.84 bits per heavy atom. The summed E-state index contributed by atoms with van der Waals surface area (Å²) in [4.78, 5) is 20.7. The molecule has 0 saturated carbocycles. The van der Waals surface area contributed by atoms with Gasteiger partial charge in [-0.05, 0) is 25.4 Å². The number of imidazole rings is 2. The highest BCUT2D eigenvalue weighted by molar-refractivity contribution is 6.28. The third kappa shape index (κ3) is 2.08. The molecule has 3 aromatic rings. The Labute approximate surface area is 114 Å². The molecule has 0 amide bonds. The summed E-state index contributed by atoms with van der Waals surface area (Å²) in [5.41, 5.74) is 1.87. The predicted octanol–water partition coefficient (Wildman–Crippen LogP) is 1.51. The summed E-state index contributed by atoms with van der Waals surface area (Å²) in [6.45, 7) is 3.86. The highest BCUT2D eigenvalue weighted by Gasteiger charge is 2.11. The second-order valence-corrected chi connectivity index (χ2v) is 4.30. The molecule has 96 valence electrons. The maximum Gasteiger partial charge on any atom is 0.241 e. The summed E-state index contributed by atoms with van der Waals surface area (Å²) < 4.78 is 3.43. The van der Waals surface area contributed by atoms with Crippen molar-refractivity contribution in [2.24, 2.45) is 0 Å². The van der Waals surface area contributed by atoms with Crippen LogP contribution in [0.3, 0.4) is 0 Å². The van der Waals surface area contributed by atoms with Crippen LogP contribution in [0.1, 0.15) is 11.4 Å². The molecule has 19 heavy (non-hydrogen) atoms. The minimum Gasteiger partial charge on any atom is -0.274 e. The molecule has 3 aromatic heterocycles. The molecule has 0 atom stereocenters. The first kappa shape index (κ1) is 11.8. The van der Waals surface area contributed by atoms with E-state index in [-0.39, 0.29) is 5.28 Å². The number of aromatic nitrogens is 7. The van der Waals surface area contributed by atoms with E-state index in [9.17, 15) is 0 Å². The summed E-state index contributed by atoms with van der Waals surface area (Å²) in [7, 11) is 0. The van der Waals surface area contributed by atoms with Gasteiger partial charge in [-0.1, -0.05) is 0 Å². The summed E-state index contributed by atoms with van der Waals surface area (Å²) >= 11 is 5.95. The van der Waals surface area contributed by atoms with Crippen LogP contribution < -0.4 is 0 Å². The third-order valence-electron chi connectivity index (χ3n) is 2.79. The van der Waals surface area contributed by atoms with Gasteiger partial charge in [-0.3, -0.25) is 9.13 Å². The standard InChI is InChI=1S/C11H10ClN7/c1-7-8(2)19(6-14-7)11-16-9(12)15-10(17-11)18-4-3-13-5-18/h3-6H,1-2H3. The van der Waals surface area contributed by atoms with Crippen molar-refractivity contribution in [2.75, 3.05) is 0 Å². The summed E-state index contributed by atoms with van der Waals surface area (Å²) in [5.74, 6) is 0.847. The van der Waals surface area contributed by atoms with Gasteiger partial charge in [0.25, 0.3) is 0 Å². The van der Waals surface area contributed by atoms with Gasteiger partial charge in [0.1, 0.15) is 12.7 Å². The molecule has 0 aliphatic rings. The van der Waals surface area contributed by atoms with E-state index >= 15 is 0 Å². The summed E-state index contributed by atoms with van der Waals surface area (Å²) in [6, 6.07) is 0. The minimum atomic E-state index is 0.124. The van der Waals surface area contributed by atoms with Gasteiger partial charge in [-0.2, -0.15) is 15.0 Å². The van der Waals surface area contributed by atoms with Gasteiger partial charge >= 0.3 is 0 Å². The van der Waals surface area contributed by atoms with Crippen LogP contribution in [0.15, 0.2) is 25.0 Å². The minimum absolute atomic E-state index is 0.124. The van der Waals surface area contributed by atoms with Crippen LogP contribution in [0.25, 0.3) is 11.9 Å². The van der Waals surface area contributed by atoms with Gasteiger partial charge in [0.05, 0.1) is 5.69 Å². The number of halogens is 1. The SMILES string of the molecule is Cc1ncn(-c2nc(Cl)nc(-n3ccnc3)n2)c1C. The van der Waals surface area contributed by atoms with Crippen LogP contribution in [0.2, 0.25) is 5.28 Å². The normalized spacial score (nSPS) is 10.9. The predicted molar refractivity (Wildman–Crippen MR) is 68.6 cm³/mol. The summed E-state index contributed by atoms with van der Waals surface area (Å²) in [5, 5.41) is 0.124. The van der Waals surface area contributed by atoms with Gasteiger partial charge in [-0.15, -0.1) is 0 Å². The van der Waals surface area contributed by atoms with Crippen molar-refractivity contribution in [1.82, 2.24) is 34.1 Å². The first-order valence-corrected chi connectivity index (χ1v) is 5.94. The molecule has 8 heteroatoms. The maximum absolute atomic E-state index is 5.95. The van der Waals surface area contributed by atoms with Crippen molar-refractivity contribution in [2.45, 2.75) is 13.8 Å². The monoisotopic (exact) mass is 275 g/mol. The van der Waals surface area contributed by atoms with E-state index in [1.165, 1.54) is 0 Å². The zero-order chi connectivity index (χ0) is 13.4. The third-order valence-corrected chi connectivity index (χ3v) is 2.96. The van der Waals surface area contributed by atoms with Crippen LogP contribution in [-0.4, -0.2) is 34.1 Å². The Morgan fingerprint density at radius 1 is 1.05 bits per heavy atom. The van der Waals surface area contributed by atoms with Gasteiger partial charge in [-0.25, -0.2) is 9.97 Å². The van der Waals surface area contributed by atoms with Crippen LogP contribution >= 0.6 is 11.6 Å². The first-order valence-electron chi connectivity index (χ1n) is 5.56. The molecule has 0 N–H and O–H groups in total.